The zero-order valence-electron chi connectivity index (χ0n) is 12.3. The van der Waals surface area contributed by atoms with Crippen molar-refractivity contribution >= 4 is 28.4 Å². The van der Waals surface area contributed by atoms with Gasteiger partial charge >= 0.3 is 0 Å². The Morgan fingerprint density at radius 3 is 2.10 bits per heavy atom. The summed E-state index contributed by atoms with van der Waals surface area (Å²) in [6.45, 7) is 3.89. The number of hydrogen-bond acceptors (Lipinski definition) is 6. The fourth-order valence-electron chi connectivity index (χ4n) is 1.45. The lowest BCUT2D eigenvalue weighted by molar-refractivity contribution is 0.00572. The minimum absolute atomic E-state index is 0.486. The molecule has 0 amide bonds. The Morgan fingerprint density at radius 1 is 0.905 bits per heavy atom. The molecule has 0 unspecified atom stereocenters. The first-order valence-electron chi connectivity index (χ1n) is 6.81. The molecule has 21 heavy (non-hydrogen) atoms. The Labute approximate surface area is 136 Å². The summed E-state index contributed by atoms with van der Waals surface area (Å²) in [6, 6.07) is 10.1. The molecule has 0 bridgehead atoms. The number of ether oxygens (including phenoxy) is 4. The lowest BCUT2D eigenvalue weighted by Crippen LogP contribution is -2.12. The molecule has 1 aromatic rings. The second-order valence-electron chi connectivity index (χ2n) is 4.07. The maximum atomic E-state index is 5.50. The van der Waals surface area contributed by atoms with Gasteiger partial charge in [0.15, 0.2) is 0 Å². The zero-order valence-corrected chi connectivity index (χ0v) is 13.9. The van der Waals surface area contributed by atoms with E-state index >= 15 is 0 Å². The van der Waals surface area contributed by atoms with Crippen LogP contribution in [-0.2, 0) is 25.6 Å². The van der Waals surface area contributed by atoms with E-state index in [1.54, 1.807) is 0 Å². The largest absolute Gasteiger partial charge is 0.476 e. The molecule has 118 valence electrons. The Kier molecular flexibility index (Phi) is 11.4. The summed E-state index contributed by atoms with van der Waals surface area (Å²) in [7, 11) is 0. The van der Waals surface area contributed by atoms with E-state index in [9.17, 15) is 0 Å². The molecule has 0 aliphatic rings. The van der Waals surface area contributed by atoms with E-state index in [0.29, 0.717) is 50.6 Å². The number of thioether (sulfide) groups is 1. The Morgan fingerprint density at radius 2 is 1.48 bits per heavy atom. The average Bonchev–Trinajstić information content (AvgIpc) is 2.53. The summed E-state index contributed by atoms with van der Waals surface area (Å²) in [5, 5.41) is 0. The van der Waals surface area contributed by atoms with Gasteiger partial charge in [0.25, 0.3) is 0 Å². The Bertz CT molecular complexity index is 373. The summed E-state index contributed by atoms with van der Waals surface area (Å²) in [6.07, 6.45) is 1.89. The van der Waals surface area contributed by atoms with Crippen LogP contribution in [0.2, 0.25) is 0 Å². The second kappa shape index (κ2) is 13.0. The van der Waals surface area contributed by atoms with Gasteiger partial charge in [0.1, 0.15) is 6.61 Å². The monoisotopic (exact) mass is 330 g/mol. The number of benzene rings is 1. The molecule has 6 heteroatoms. The van der Waals surface area contributed by atoms with Crippen LogP contribution in [-0.4, -0.2) is 50.3 Å². The minimum atomic E-state index is 0.486. The van der Waals surface area contributed by atoms with Gasteiger partial charge in [-0.25, -0.2) is 0 Å². The van der Waals surface area contributed by atoms with Gasteiger partial charge in [-0.2, -0.15) is 0 Å². The van der Waals surface area contributed by atoms with E-state index in [0.717, 1.165) is 0 Å². The van der Waals surface area contributed by atoms with E-state index in [4.69, 9.17) is 31.2 Å². The van der Waals surface area contributed by atoms with Crippen LogP contribution in [0, 0.1) is 0 Å². The van der Waals surface area contributed by atoms with Crippen LogP contribution in [0.25, 0.3) is 0 Å². The highest BCUT2D eigenvalue weighted by molar-refractivity contribution is 8.22. The van der Waals surface area contributed by atoms with Crippen LogP contribution in [0.3, 0.4) is 0 Å². The summed E-state index contributed by atoms with van der Waals surface area (Å²) in [4.78, 5) is 0. The second-order valence-corrected chi connectivity index (χ2v) is 5.47. The summed E-state index contributed by atoms with van der Waals surface area (Å²) < 4.78 is 22.0. The Balaban J connectivity index is 1.80. The molecule has 0 heterocycles. The van der Waals surface area contributed by atoms with Gasteiger partial charge in [-0.05, 0) is 24.0 Å². The van der Waals surface area contributed by atoms with Gasteiger partial charge in [-0.1, -0.05) is 42.1 Å². The van der Waals surface area contributed by atoms with Crippen molar-refractivity contribution in [3.05, 3.63) is 35.9 Å². The molecule has 0 atom stereocenters. The number of hydrogen-bond donors (Lipinski definition) is 0. The van der Waals surface area contributed by atoms with Crippen LogP contribution >= 0.6 is 24.0 Å². The SMILES string of the molecule is CSC(=S)OCCOCCOCCOCc1ccccc1. The van der Waals surface area contributed by atoms with Gasteiger partial charge in [0, 0.05) is 0 Å². The molecule has 0 aliphatic carbocycles. The summed E-state index contributed by atoms with van der Waals surface area (Å²) in [5.41, 5.74) is 1.17. The van der Waals surface area contributed by atoms with Crippen molar-refractivity contribution in [3.63, 3.8) is 0 Å². The fraction of sp³-hybridized carbons (Fsp3) is 0.533. The normalized spacial score (nSPS) is 10.5. The van der Waals surface area contributed by atoms with Crippen molar-refractivity contribution < 1.29 is 18.9 Å². The highest BCUT2D eigenvalue weighted by Gasteiger charge is 1.95. The van der Waals surface area contributed by atoms with Crippen LogP contribution in [0.5, 0.6) is 0 Å². The van der Waals surface area contributed by atoms with E-state index in [2.05, 4.69) is 0 Å². The molecule has 0 spiro atoms. The molecule has 0 N–H and O–H groups in total. The standard InChI is InChI=1S/C15H22O4S2/c1-21-15(20)19-12-11-17-8-7-16-9-10-18-13-14-5-3-2-4-6-14/h2-6H,7-13H2,1H3. The van der Waals surface area contributed by atoms with E-state index < -0.39 is 0 Å². The topological polar surface area (TPSA) is 36.9 Å². The first-order chi connectivity index (χ1) is 10.3. The number of thiocarbonyl (C=S) groups is 1. The summed E-state index contributed by atoms with van der Waals surface area (Å²) >= 11 is 6.31. The van der Waals surface area contributed by atoms with Crippen LogP contribution in [0.1, 0.15) is 5.56 Å². The van der Waals surface area contributed by atoms with E-state index in [-0.39, 0.29) is 0 Å². The van der Waals surface area contributed by atoms with Gasteiger partial charge in [0.05, 0.1) is 39.6 Å². The first-order valence-corrected chi connectivity index (χ1v) is 8.44. The van der Waals surface area contributed by atoms with Crippen LogP contribution in [0.15, 0.2) is 30.3 Å². The lowest BCUT2D eigenvalue weighted by Gasteiger charge is -2.07. The third-order valence-electron chi connectivity index (χ3n) is 2.47. The van der Waals surface area contributed by atoms with Gasteiger partial charge < -0.3 is 18.9 Å². The summed E-state index contributed by atoms with van der Waals surface area (Å²) in [5.74, 6) is 0. The van der Waals surface area contributed by atoms with Crippen molar-refractivity contribution in [3.8, 4) is 0 Å². The highest BCUT2D eigenvalue weighted by atomic mass is 32.2. The molecule has 4 nitrogen and oxygen atoms in total. The van der Waals surface area contributed by atoms with Crippen molar-refractivity contribution in [1.29, 1.82) is 0 Å². The molecule has 0 aliphatic heterocycles. The Hall–Kier alpha value is -0.660. The predicted octanol–water partition coefficient (Wildman–Crippen LogP) is 2.90. The van der Waals surface area contributed by atoms with E-state index in [1.165, 1.54) is 17.3 Å². The molecule has 0 aromatic heterocycles. The average molecular weight is 330 g/mol. The predicted molar refractivity (Wildman–Crippen MR) is 89.8 cm³/mol. The van der Waals surface area contributed by atoms with Crippen molar-refractivity contribution in [2.45, 2.75) is 6.61 Å². The fourth-order valence-corrected chi connectivity index (χ4v) is 1.73. The molecule has 1 aromatic carbocycles. The van der Waals surface area contributed by atoms with E-state index in [1.807, 2.05) is 36.6 Å². The zero-order chi connectivity index (χ0) is 15.2. The molecule has 0 saturated heterocycles. The van der Waals surface area contributed by atoms with Crippen molar-refractivity contribution in [2.75, 3.05) is 45.9 Å². The van der Waals surface area contributed by atoms with Gasteiger partial charge in [-0.3, -0.25) is 0 Å². The molecular weight excluding hydrogens is 308 g/mol. The molecule has 0 radical (unpaired) electrons. The maximum Gasteiger partial charge on any atom is 0.219 e. The molecule has 0 fully saturated rings. The maximum absolute atomic E-state index is 5.50. The molecule has 1 rings (SSSR count). The first kappa shape index (κ1) is 18.4. The van der Waals surface area contributed by atoms with Crippen LogP contribution < -0.4 is 0 Å². The van der Waals surface area contributed by atoms with Crippen molar-refractivity contribution in [2.24, 2.45) is 0 Å². The van der Waals surface area contributed by atoms with Crippen molar-refractivity contribution in [1.82, 2.24) is 0 Å². The van der Waals surface area contributed by atoms with Gasteiger partial charge in [0.2, 0.25) is 4.38 Å². The lowest BCUT2D eigenvalue weighted by atomic mass is 10.2. The number of rotatable bonds is 11. The third kappa shape index (κ3) is 10.7. The molecule has 0 saturated carbocycles. The quantitative estimate of drug-likeness (QED) is 0.459. The molecular formula is C15H22O4S2. The minimum Gasteiger partial charge on any atom is -0.476 e. The van der Waals surface area contributed by atoms with Crippen LogP contribution in [0.4, 0.5) is 0 Å². The highest BCUT2D eigenvalue weighted by Crippen LogP contribution is 2.00. The van der Waals surface area contributed by atoms with Gasteiger partial charge in [-0.15, -0.1) is 0 Å². The smallest absolute Gasteiger partial charge is 0.219 e. The third-order valence-corrected chi connectivity index (χ3v) is 3.54.